The first kappa shape index (κ1) is 14.1. The van der Waals surface area contributed by atoms with Crippen molar-refractivity contribution in [3.63, 3.8) is 0 Å². The molecule has 0 unspecified atom stereocenters. The lowest BCUT2D eigenvalue weighted by Crippen LogP contribution is -2.14. The molecule has 0 bridgehead atoms. The summed E-state index contributed by atoms with van der Waals surface area (Å²) in [5.74, 6) is 0.637. The maximum Gasteiger partial charge on any atom is 0.234 e. The lowest BCUT2D eigenvalue weighted by molar-refractivity contribution is -0.113. The minimum Gasteiger partial charge on any atom is -0.383 e. The minimum atomic E-state index is -0.136. The zero-order valence-electron chi connectivity index (χ0n) is 11.0. The van der Waals surface area contributed by atoms with E-state index >= 15 is 0 Å². The third-order valence-electron chi connectivity index (χ3n) is 2.41. The van der Waals surface area contributed by atoms with Crippen molar-refractivity contribution >= 4 is 35.0 Å². The van der Waals surface area contributed by atoms with Gasteiger partial charge in [0.25, 0.3) is 0 Å². The van der Waals surface area contributed by atoms with Crippen molar-refractivity contribution in [3.8, 4) is 0 Å². The second-order valence-corrected chi connectivity index (χ2v) is 5.15. The van der Waals surface area contributed by atoms with Crippen LogP contribution in [0.5, 0.6) is 0 Å². The average Bonchev–Trinajstić information content (AvgIpc) is 2.38. The summed E-state index contributed by atoms with van der Waals surface area (Å²) < 4.78 is 0. The van der Waals surface area contributed by atoms with E-state index in [9.17, 15) is 4.79 Å². The predicted octanol–water partition coefficient (Wildman–Crippen LogP) is 1.68. The van der Waals surface area contributed by atoms with Gasteiger partial charge in [-0.15, -0.1) is 0 Å². The average molecular weight is 289 g/mol. The van der Waals surface area contributed by atoms with Crippen LogP contribution in [0.25, 0.3) is 0 Å². The van der Waals surface area contributed by atoms with E-state index in [2.05, 4.69) is 15.3 Å². The number of carbonyl (C=O) groups is 1. The number of anilines is 3. The smallest absolute Gasteiger partial charge is 0.234 e. The van der Waals surface area contributed by atoms with Crippen LogP contribution in [0.4, 0.5) is 17.3 Å². The molecule has 2 rings (SSSR count). The number of amides is 1. The summed E-state index contributed by atoms with van der Waals surface area (Å²) in [5.41, 5.74) is 13.0. The first-order chi connectivity index (χ1) is 9.52. The monoisotopic (exact) mass is 289 g/mol. The number of hydrogen-bond acceptors (Lipinski definition) is 6. The van der Waals surface area contributed by atoms with Crippen molar-refractivity contribution in [2.75, 3.05) is 22.5 Å². The Balaban J connectivity index is 1.90. The van der Waals surface area contributed by atoms with E-state index in [-0.39, 0.29) is 11.7 Å². The van der Waals surface area contributed by atoms with Gasteiger partial charge in [0.2, 0.25) is 5.91 Å². The Hall–Kier alpha value is -2.28. The summed E-state index contributed by atoms with van der Waals surface area (Å²) in [6, 6.07) is 9.05. The Morgan fingerprint density at radius 2 is 1.80 bits per heavy atom. The van der Waals surface area contributed by atoms with Crippen molar-refractivity contribution in [1.82, 2.24) is 9.97 Å². The van der Waals surface area contributed by atoms with Crippen LogP contribution in [-0.2, 0) is 4.79 Å². The molecule has 6 nitrogen and oxygen atoms in total. The Labute approximate surface area is 121 Å². The molecule has 1 aromatic carbocycles. The van der Waals surface area contributed by atoms with Crippen molar-refractivity contribution in [3.05, 3.63) is 35.9 Å². The quantitative estimate of drug-likeness (QED) is 0.584. The van der Waals surface area contributed by atoms with Gasteiger partial charge in [-0.25, -0.2) is 9.97 Å². The van der Waals surface area contributed by atoms with E-state index in [1.165, 1.54) is 17.8 Å². The summed E-state index contributed by atoms with van der Waals surface area (Å²) in [5, 5.41) is 3.18. The van der Waals surface area contributed by atoms with Crippen LogP contribution in [0.2, 0.25) is 0 Å². The third-order valence-corrected chi connectivity index (χ3v) is 3.26. The molecule has 20 heavy (non-hydrogen) atoms. The van der Waals surface area contributed by atoms with Crippen molar-refractivity contribution < 1.29 is 4.79 Å². The molecule has 2 aromatic rings. The number of hydrogen-bond donors (Lipinski definition) is 3. The van der Waals surface area contributed by atoms with Gasteiger partial charge in [0, 0.05) is 11.8 Å². The van der Waals surface area contributed by atoms with Crippen LogP contribution in [-0.4, -0.2) is 21.6 Å². The number of nitrogens with one attached hydrogen (secondary N) is 1. The number of aryl methyl sites for hydroxylation is 1. The Morgan fingerprint density at radius 3 is 2.40 bits per heavy atom. The van der Waals surface area contributed by atoms with Crippen LogP contribution < -0.4 is 16.8 Å². The number of carbonyl (C=O) groups excluding carboxylic acids is 1. The predicted molar refractivity (Wildman–Crippen MR) is 81.4 cm³/mol. The minimum absolute atomic E-state index is 0.136. The van der Waals surface area contributed by atoms with Crippen LogP contribution in [0.15, 0.2) is 35.5 Å². The lowest BCUT2D eigenvalue weighted by Gasteiger charge is -2.05. The van der Waals surface area contributed by atoms with Crippen LogP contribution in [0, 0.1) is 6.92 Å². The molecule has 0 aliphatic rings. The Bertz CT molecular complexity index is 594. The standard InChI is InChI=1S/C13H15N5OS/c1-8-2-4-9(5-3-8)16-12(19)7-20-13-17-10(14)6-11(15)18-13/h2-6H,7H2,1H3,(H,16,19)(H4,14,15,17,18). The second kappa shape index (κ2) is 6.25. The summed E-state index contributed by atoms with van der Waals surface area (Å²) >= 11 is 1.18. The highest BCUT2D eigenvalue weighted by Gasteiger charge is 2.07. The Kier molecular flexibility index (Phi) is 4.41. The molecule has 7 heteroatoms. The van der Waals surface area contributed by atoms with E-state index in [4.69, 9.17) is 11.5 Å². The van der Waals surface area contributed by atoms with Gasteiger partial charge in [-0.05, 0) is 19.1 Å². The van der Waals surface area contributed by atoms with Gasteiger partial charge in [0.15, 0.2) is 5.16 Å². The number of thioether (sulfide) groups is 1. The van der Waals surface area contributed by atoms with E-state index < -0.39 is 0 Å². The van der Waals surface area contributed by atoms with Gasteiger partial charge < -0.3 is 16.8 Å². The van der Waals surface area contributed by atoms with Crippen LogP contribution in [0.3, 0.4) is 0 Å². The molecule has 0 spiro atoms. The van der Waals surface area contributed by atoms with E-state index in [0.29, 0.717) is 16.8 Å². The second-order valence-electron chi connectivity index (χ2n) is 4.20. The van der Waals surface area contributed by atoms with Gasteiger partial charge in [0.05, 0.1) is 5.75 Å². The highest BCUT2D eigenvalue weighted by molar-refractivity contribution is 7.99. The molecule has 0 fully saturated rings. The summed E-state index contributed by atoms with van der Waals surface area (Å²) in [6.07, 6.45) is 0. The summed E-state index contributed by atoms with van der Waals surface area (Å²) in [6.45, 7) is 1.99. The van der Waals surface area contributed by atoms with Gasteiger partial charge in [0.1, 0.15) is 11.6 Å². The first-order valence-corrected chi connectivity index (χ1v) is 6.91. The molecule has 0 saturated carbocycles. The molecule has 1 aromatic heterocycles. The van der Waals surface area contributed by atoms with Crippen molar-refractivity contribution in [2.45, 2.75) is 12.1 Å². The largest absolute Gasteiger partial charge is 0.383 e. The maximum atomic E-state index is 11.8. The van der Waals surface area contributed by atoms with Gasteiger partial charge in [-0.1, -0.05) is 29.5 Å². The normalized spacial score (nSPS) is 10.2. The molecule has 0 saturated heterocycles. The highest BCUT2D eigenvalue weighted by Crippen LogP contribution is 2.17. The fourth-order valence-electron chi connectivity index (χ4n) is 1.49. The molecule has 0 atom stereocenters. The zero-order chi connectivity index (χ0) is 14.5. The summed E-state index contributed by atoms with van der Waals surface area (Å²) in [7, 11) is 0. The molecular weight excluding hydrogens is 274 g/mol. The van der Waals surface area contributed by atoms with Gasteiger partial charge in [-0.2, -0.15) is 0 Å². The highest BCUT2D eigenvalue weighted by atomic mass is 32.2. The fraction of sp³-hybridized carbons (Fsp3) is 0.154. The molecule has 0 radical (unpaired) electrons. The molecule has 5 N–H and O–H groups in total. The number of aromatic nitrogens is 2. The maximum absolute atomic E-state index is 11.8. The number of nitrogen functional groups attached to an aromatic ring is 2. The topological polar surface area (TPSA) is 107 Å². The number of nitrogens with two attached hydrogens (primary N) is 2. The van der Waals surface area contributed by atoms with E-state index in [1.54, 1.807) is 0 Å². The molecule has 1 heterocycles. The van der Waals surface area contributed by atoms with Gasteiger partial charge >= 0.3 is 0 Å². The van der Waals surface area contributed by atoms with Crippen molar-refractivity contribution in [1.29, 1.82) is 0 Å². The third kappa shape index (κ3) is 4.13. The van der Waals surface area contributed by atoms with E-state index in [0.717, 1.165) is 11.3 Å². The lowest BCUT2D eigenvalue weighted by atomic mass is 10.2. The molecule has 104 valence electrons. The Morgan fingerprint density at radius 1 is 1.20 bits per heavy atom. The first-order valence-electron chi connectivity index (χ1n) is 5.92. The van der Waals surface area contributed by atoms with Crippen LogP contribution >= 0.6 is 11.8 Å². The number of benzene rings is 1. The van der Waals surface area contributed by atoms with E-state index in [1.807, 2.05) is 31.2 Å². The fourth-order valence-corrected chi connectivity index (χ4v) is 2.16. The van der Waals surface area contributed by atoms with Crippen LogP contribution in [0.1, 0.15) is 5.56 Å². The number of nitrogens with zero attached hydrogens (tertiary/aromatic N) is 2. The molecule has 1 amide bonds. The molecular formula is C13H15N5OS. The number of rotatable bonds is 4. The zero-order valence-corrected chi connectivity index (χ0v) is 11.8. The van der Waals surface area contributed by atoms with Crippen molar-refractivity contribution in [2.24, 2.45) is 0 Å². The molecule has 0 aliphatic carbocycles. The van der Waals surface area contributed by atoms with Gasteiger partial charge in [-0.3, -0.25) is 4.79 Å². The molecule has 0 aliphatic heterocycles. The summed E-state index contributed by atoms with van der Waals surface area (Å²) in [4.78, 5) is 19.8. The SMILES string of the molecule is Cc1ccc(NC(=O)CSc2nc(N)cc(N)n2)cc1.